The summed E-state index contributed by atoms with van der Waals surface area (Å²) in [5.41, 5.74) is 0. The van der Waals surface area contributed by atoms with Crippen molar-refractivity contribution in [2.75, 3.05) is 20.8 Å². The molecule has 0 aliphatic carbocycles. The predicted molar refractivity (Wildman–Crippen MR) is 48.8 cm³/mol. The highest BCUT2D eigenvalue weighted by molar-refractivity contribution is 4.65. The van der Waals surface area contributed by atoms with Gasteiger partial charge >= 0.3 is 0 Å². The minimum atomic E-state index is 0.620. The summed E-state index contributed by atoms with van der Waals surface area (Å²) in [5, 5.41) is 3.29. The summed E-state index contributed by atoms with van der Waals surface area (Å²) in [6, 6.07) is 0.620. The van der Waals surface area contributed by atoms with Gasteiger partial charge in [-0.05, 0) is 25.8 Å². The molecule has 0 fully saturated rings. The Hall–Kier alpha value is -0.0800. The number of methoxy groups -OCH3 is 1. The first-order valence-corrected chi connectivity index (χ1v) is 4.37. The summed E-state index contributed by atoms with van der Waals surface area (Å²) in [7, 11) is 3.77. The zero-order chi connectivity index (χ0) is 8.69. The molecule has 0 bridgehead atoms. The summed E-state index contributed by atoms with van der Waals surface area (Å²) in [6.07, 6.45) is 2.35. The number of rotatable bonds is 6. The van der Waals surface area contributed by atoms with E-state index in [1.54, 1.807) is 7.11 Å². The van der Waals surface area contributed by atoms with Crippen molar-refractivity contribution in [2.24, 2.45) is 5.92 Å². The smallest absolute Gasteiger partial charge is 0.0477 e. The molecule has 0 saturated carbocycles. The maximum absolute atomic E-state index is 5.02. The Morgan fingerprint density at radius 2 is 2.00 bits per heavy atom. The molecule has 0 saturated heterocycles. The van der Waals surface area contributed by atoms with Crippen LogP contribution in [0.1, 0.15) is 26.7 Å². The molecule has 0 aromatic carbocycles. The SMILES string of the molecule is CNC(CCOC)CC(C)C. The van der Waals surface area contributed by atoms with E-state index >= 15 is 0 Å². The first kappa shape index (κ1) is 10.9. The monoisotopic (exact) mass is 159 g/mol. The Morgan fingerprint density at radius 3 is 2.36 bits per heavy atom. The van der Waals surface area contributed by atoms with Gasteiger partial charge in [-0.15, -0.1) is 0 Å². The van der Waals surface area contributed by atoms with Crippen molar-refractivity contribution in [1.82, 2.24) is 5.32 Å². The molecule has 0 aliphatic rings. The molecular weight excluding hydrogens is 138 g/mol. The molecule has 11 heavy (non-hydrogen) atoms. The maximum Gasteiger partial charge on any atom is 0.0477 e. The second-order valence-electron chi connectivity index (χ2n) is 3.40. The largest absolute Gasteiger partial charge is 0.385 e. The summed E-state index contributed by atoms with van der Waals surface area (Å²) >= 11 is 0. The molecule has 68 valence electrons. The van der Waals surface area contributed by atoms with Crippen LogP contribution < -0.4 is 5.32 Å². The van der Waals surface area contributed by atoms with E-state index in [4.69, 9.17) is 4.74 Å². The molecule has 0 aliphatic heterocycles. The average molecular weight is 159 g/mol. The topological polar surface area (TPSA) is 21.3 Å². The van der Waals surface area contributed by atoms with Gasteiger partial charge in [-0.1, -0.05) is 13.8 Å². The van der Waals surface area contributed by atoms with Crippen LogP contribution in [0.3, 0.4) is 0 Å². The lowest BCUT2D eigenvalue weighted by Crippen LogP contribution is -2.28. The predicted octanol–water partition coefficient (Wildman–Crippen LogP) is 1.66. The van der Waals surface area contributed by atoms with Crippen molar-refractivity contribution in [2.45, 2.75) is 32.7 Å². The van der Waals surface area contributed by atoms with Crippen molar-refractivity contribution in [1.29, 1.82) is 0 Å². The molecule has 0 rings (SSSR count). The van der Waals surface area contributed by atoms with Crippen molar-refractivity contribution in [3.8, 4) is 0 Å². The second kappa shape index (κ2) is 6.62. The van der Waals surface area contributed by atoms with E-state index < -0.39 is 0 Å². The summed E-state index contributed by atoms with van der Waals surface area (Å²) in [5.74, 6) is 0.768. The minimum Gasteiger partial charge on any atom is -0.385 e. The van der Waals surface area contributed by atoms with Gasteiger partial charge in [-0.2, -0.15) is 0 Å². The van der Waals surface area contributed by atoms with Gasteiger partial charge < -0.3 is 10.1 Å². The van der Waals surface area contributed by atoms with Crippen molar-refractivity contribution in [3.05, 3.63) is 0 Å². The Labute approximate surface area is 70.3 Å². The molecule has 1 atom stereocenters. The molecule has 1 unspecified atom stereocenters. The van der Waals surface area contributed by atoms with Crippen molar-refractivity contribution < 1.29 is 4.74 Å². The van der Waals surface area contributed by atoms with E-state index in [1.807, 2.05) is 7.05 Å². The molecule has 0 spiro atoms. The van der Waals surface area contributed by atoms with E-state index in [2.05, 4.69) is 19.2 Å². The van der Waals surface area contributed by atoms with Crippen LogP contribution in [0.5, 0.6) is 0 Å². The van der Waals surface area contributed by atoms with Gasteiger partial charge in [-0.25, -0.2) is 0 Å². The van der Waals surface area contributed by atoms with E-state index in [0.717, 1.165) is 18.9 Å². The molecular formula is C9H21NO. The van der Waals surface area contributed by atoms with E-state index in [1.165, 1.54) is 6.42 Å². The van der Waals surface area contributed by atoms with Gasteiger partial charge in [0.2, 0.25) is 0 Å². The fraction of sp³-hybridized carbons (Fsp3) is 1.00. The van der Waals surface area contributed by atoms with Crippen molar-refractivity contribution >= 4 is 0 Å². The van der Waals surface area contributed by atoms with Crippen LogP contribution in [0.2, 0.25) is 0 Å². The number of hydrogen-bond donors (Lipinski definition) is 1. The molecule has 0 heterocycles. The minimum absolute atomic E-state index is 0.620. The molecule has 1 N–H and O–H groups in total. The lowest BCUT2D eigenvalue weighted by molar-refractivity contribution is 0.180. The van der Waals surface area contributed by atoms with Gasteiger partial charge in [0.15, 0.2) is 0 Å². The number of nitrogens with one attached hydrogen (secondary N) is 1. The quantitative estimate of drug-likeness (QED) is 0.636. The molecule has 0 aromatic rings. The van der Waals surface area contributed by atoms with Gasteiger partial charge in [0.25, 0.3) is 0 Å². The van der Waals surface area contributed by atoms with Crippen LogP contribution >= 0.6 is 0 Å². The van der Waals surface area contributed by atoms with Gasteiger partial charge in [0, 0.05) is 19.8 Å². The molecule has 0 amide bonds. The second-order valence-corrected chi connectivity index (χ2v) is 3.40. The lowest BCUT2D eigenvalue weighted by atomic mass is 10.0. The summed E-state index contributed by atoms with van der Waals surface area (Å²) < 4.78 is 5.02. The average Bonchev–Trinajstić information content (AvgIpc) is 1.97. The normalized spacial score (nSPS) is 13.9. The van der Waals surface area contributed by atoms with Crippen LogP contribution in [0.15, 0.2) is 0 Å². The van der Waals surface area contributed by atoms with Crippen LogP contribution in [0.4, 0.5) is 0 Å². The highest BCUT2D eigenvalue weighted by atomic mass is 16.5. The number of hydrogen-bond acceptors (Lipinski definition) is 2. The van der Waals surface area contributed by atoms with Crippen LogP contribution in [0.25, 0.3) is 0 Å². The lowest BCUT2D eigenvalue weighted by Gasteiger charge is -2.17. The number of ether oxygens (including phenoxy) is 1. The summed E-state index contributed by atoms with van der Waals surface area (Å²) in [6.45, 7) is 5.35. The third kappa shape index (κ3) is 6.32. The van der Waals surface area contributed by atoms with Gasteiger partial charge in [-0.3, -0.25) is 0 Å². The third-order valence-electron chi connectivity index (χ3n) is 1.83. The van der Waals surface area contributed by atoms with Crippen LogP contribution in [-0.2, 0) is 4.74 Å². The van der Waals surface area contributed by atoms with E-state index in [-0.39, 0.29) is 0 Å². The standard InChI is InChI=1S/C9H21NO/c1-8(2)7-9(10-3)5-6-11-4/h8-10H,5-7H2,1-4H3. The van der Waals surface area contributed by atoms with Crippen molar-refractivity contribution in [3.63, 3.8) is 0 Å². The van der Waals surface area contributed by atoms with E-state index in [9.17, 15) is 0 Å². The van der Waals surface area contributed by atoms with Crippen LogP contribution in [0, 0.1) is 5.92 Å². The highest BCUT2D eigenvalue weighted by Gasteiger charge is 2.06. The van der Waals surface area contributed by atoms with E-state index in [0.29, 0.717) is 6.04 Å². The zero-order valence-corrected chi connectivity index (χ0v) is 8.18. The molecule has 0 radical (unpaired) electrons. The fourth-order valence-electron chi connectivity index (χ4n) is 1.21. The Bertz CT molecular complexity index is 83.6. The first-order valence-electron chi connectivity index (χ1n) is 4.37. The molecule has 0 aromatic heterocycles. The molecule has 2 nitrogen and oxygen atoms in total. The zero-order valence-electron chi connectivity index (χ0n) is 8.18. The first-order chi connectivity index (χ1) is 5.20. The third-order valence-corrected chi connectivity index (χ3v) is 1.83. The maximum atomic E-state index is 5.02. The highest BCUT2D eigenvalue weighted by Crippen LogP contribution is 2.06. The summed E-state index contributed by atoms with van der Waals surface area (Å²) in [4.78, 5) is 0. The Morgan fingerprint density at radius 1 is 1.36 bits per heavy atom. The molecule has 2 heteroatoms. The Balaban J connectivity index is 3.41. The van der Waals surface area contributed by atoms with Gasteiger partial charge in [0.1, 0.15) is 0 Å². The van der Waals surface area contributed by atoms with Gasteiger partial charge in [0.05, 0.1) is 0 Å². The Kier molecular flexibility index (Phi) is 6.57. The fourth-order valence-corrected chi connectivity index (χ4v) is 1.21. The van der Waals surface area contributed by atoms with Crippen LogP contribution in [-0.4, -0.2) is 26.8 Å².